The molecule has 2 heteroatoms. The second-order valence-corrected chi connectivity index (χ2v) is 2.15. The molecule has 0 unspecified atom stereocenters. The number of terminal acetylenes is 1. The first kappa shape index (κ1) is 9.77. The van der Waals surface area contributed by atoms with Crippen LogP contribution in [0, 0.1) is 12.3 Å². The highest BCUT2D eigenvalue weighted by Gasteiger charge is 1.97. The van der Waals surface area contributed by atoms with Crippen molar-refractivity contribution in [1.29, 1.82) is 0 Å². The van der Waals surface area contributed by atoms with E-state index in [1.54, 1.807) is 19.1 Å². The van der Waals surface area contributed by atoms with Crippen LogP contribution in [0.5, 0.6) is 0 Å². The lowest BCUT2D eigenvalue weighted by molar-refractivity contribution is -0.143. The highest BCUT2D eigenvalue weighted by Crippen LogP contribution is 1.94. The molecule has 0 heterocycles. The topological polar surface area (TPSA) is 26.3 Å². The zero-order chi connectivity index (χ0) is 8.69. The van der Waals surface area contributed by atoms with Crippen molar-refractivity contribution < 1.29 is 9.53 Å². The van der Waals surface area contributed by atoms with Crippen LogP contribution in [0.15, 0.2) is 12.2 Å². The van der Waals surface area contributed by atoms with E-state index < -0.39 is 0 Å². The summed E-state index contributed by atoms with van der Waals surface area (Å²) in [5.74, 6) is 2.17. The van der Waals surface area contributed by atoms with E-state index in [4.69, 9.17) is 11.2 Å². The predicted molar refractivity (Wildman–Crippen MR) is 43.8 cm³/mol. The van der Waals surface area contributed by atoms with E-state index in [1.807, 2.05) is 0 Å². The molecule has 0 radical (unpaired) electrons. The summed E-state index contributed by atoms with van der Waals surface area (Å²) in [4.78, 5) is 10.4. The fourth-order valence-electron chi connectivity index (χ4n) is 0.629. The van der Waals surface area contributed by atoms with Crippen molar-refractivity contribution in [1.82, 2.24) is 0 Å². The lowest BCUT2D eigenvalue weighted by Crippen LogP contribution is -2.08. The third kappa shape index (κ3) is 6.66. The summed E-state index contributed by atoms with van der Waals surface area (Å²) in [6, 6.07) is 0. The van der Waals surface area contributed by atoms with Crippen molar-refractivity contribution in [3.05, 3.63) is 12.2 Å². The normalized spacial score (nSPS) is 12.5. The lowest BCUT2D eigenvalue weighted by Gasteiger charge is -2.04. The van der Waals surface area contributed by atoms with Crippen LogP contribution in [0.2, 0.25) is 0 Å². The average Bonchev–Trinajstić information content (AvgIpc) is 1.86. The maximum absolute atomic E-state index is 10.4. The van der Waals surface area contributed by atoms with Crippen LogP contribution < -0.4 is 0 Å². The average molecular weight is 152 g/mol. The van der Waals surface area contributed by atoms with Gasteiger partial charge < -0.3 is 4.74 Å². The van der Waals surface area contributed by atoms with E-state index in [9.17, 15) is 4.79 Å². The van der Waals surface area contributed by atoms with Gasteiger partial charge in [0.15, 0.2) is 0 Å². The van der Waals surface area contributed by atoms with E-state index >= 15 is 0 Å². The van der Waals surface area contributed by atoms with Crippen molar-refractivity contribution in [3.63, 3.8) is 0 Å². The number of allylic oxidation sites excluding steroid dienone is 1. The van der Waals surface area contributed by atoms with Gasteiger partial charge in [-0.05, 0) is 13.0 Å². The molecule has 0 rings (SSSR count). The molecule has 0 N–H and O–H groups in total. The maximum Gasteiger partial charge on any atom is 0.303 e. The van der Waals surface area contributed by atoms with Crippen molar-refractivity contribution >= 4 is 5.97 Å². The molecule has 0 aromatic carbocycles. The molecule has 1 atom stereocenters. The molecular formula is C9H12O2. The summed E-state index contributed by atoms with van der Waals surface area (Å²) in [6.07, 6.45) is 8.97. The molecule has 0 fully saturated rings. The first-order valence-electron chi connectivity index (χ1n) is 3.44. The highest BCUT2D eigenvalue weighted by molar-refractivity contribution is 5.66. The van der Waals surface area contributed by atoms with E-state index in [0.717, 1.165) is 0 Å². The summed E-state index contributed by atoms with van der Waals surface area (Å²) in [6.45, 7) is 3.17. The minimum absolute atomic E-state index is 0.180. The number of rotatable bonds is 3. The van der Waals surface area contributed by atoms with Gasteiger partial charge in [0, 0.05) is 13.3 Å². The molecule has 0 aliphatic rings. The van der Waals surface area contributed by atoms with Gasteiger partial charge in [0.1, 0.15) is 6.10 Å². The summed E-state index contributed by atoms with van der Waals surface area (Å²) in [5.41, 5.74) is 0. The number of ether oxygens (including phenoxy) is 1. The number of hydrogen-bond donors (Lipinski definition) is 0. The second kappa shape index (κ2) is 5.55. The zero-order valence-corrected chi connectivity index (χ0v) is 6.83. The molecular weight excluding hydrogens is 140 g/mol. The van der Waals surface area contributed by atoms with Crippen LogP contribution in [0.1, 0.15) is 20.3 Å². The maximum atomic E-state index is 10.4. The second-order valence-electron chi connectivity index (χ2n) is 2.15. The Morgan fingerprint density at radius 1 is 1.82 bits per heavy atom. The number of carbonyl (C=O) groups excluding carboxylic acids is 1. The first-order chi connectivity index (χ1) is 5.16. The summed E-state index contributed by atoms with van der Waals surface area (Å²) < 4.78 is 4.80. The van der Waals surface area contributed by atoms with Gasteiger partial charge in [0.25, 0.3) is 0 Å². The van der Waals surface area contributed by atoms with Crippen LogP contribution in [-0.2, 0) is 9.53 Å². The monoisotopic (exact) mass is 152 g/mol. The summed E-state index contributed by atoms with van der Waals surface area (Å²) in [5, 5.41) is 0. The quantitative estimate of drug-likeness (QED) is 0.348. The third-order valence-electron chi connectivity index (χ3n) is 0.995. The molecule has 60 valence electrons. The Bertz CT molecular complexity index is 186. The van der Waals surface area contributed by atoms with Crippen molar-refractivity contribution in [2.24, 2.45) is 0 Å². The van der Waals surface area contributed by atoms with E-state index in [0.29, 0.717) is 6.42 Å². The molecule has 0 aromatic rings. The number of hydrogen-bond acceptors (Lipinski definition) is 2. The SMILES string of the molecule is C#CC/C=C\[C@H](C)OC(C)=O. The van der Waals surface area contributed by atoms with E-state index in [2.05, 4.69) is 5.92 Å². The zero-order valence-electron chi connectivity index (χ0n) is 6.83. The fraction of sp³-hybridized carbons (Fsp3) is 0.444. The molecule has 0 spiro atoms. The van der Waals surface area contributed by atoms with Crippen LogP contribution >= 0.6 is 0 Å². The minimum Gasteiger partial charge on any atom is -0.459 e. The molecule has 0 saturated heterocycles. The highest BCUT2D eigenvalue weighted by atomic mass is 16.5. The van der Waals surface area contributed by atoms with Crippen LogP contribution in [-0.4, -0.2) is 12.1 Å². The molecule has 0 bridgehead atoms. The van der Waals surface area contributed by atoms with Crippen molar-refractivity contribution in [3.8, 4) is 12.3 Å². The molecule has 0 aliphatic heterocycles. The summed E-state index contributed by atoms with van der Waals surface area (Å²) >= 11 is 0. The number of esters is 1. The number of carbonyl (C=O) groups is 1. The standard InChI is InChI=1S/C9H12O2/c1-4-5-6-7-8(2)11-9(3)10/h1,6-8H,5H2,2-3H3/b7-6-/t8-/m0/s1. The van der Waals surface area contributed by atoms with Gasteiger partial charge in [-0.2, -0.15) is 0 Å². The van der Waals surface area contributed by atoms with Crippen LogP contribution in [0.3, 0.4) is 0 Å². The Balaban J connectivity index is 3.61. The van der Waals surface area contributed by atoms with Gasteiger partial charge in [-0.3, -0.25) is 4.79 Å². The first-order valence-corrected chi connectivity index (χ1v) is 3.44. The molecule has 0 saturated carbocycles. The molecule has 2 nitrogen and oxygen atoms in total. The van der Waals surface area contributed by atoms with E-state index in [1.165, 1.54) is 6.92 Å². The van der Waals surface area contributed by atoms with Crippen molar-refractivity contribution in [2.45, 2.75) is 26.4 Å². The Hall–Kier alpha value is -1.23. The Morgan fingerprint density at radius 2 is 2.45 bits per heavy atom. The molecule has 0 aromatic heterocycles. The summed E-state index contributed by atoms with van der Waals surface area (Å²) in [7, 11) is 0. The molecule has 11 heavy (non-hydrogen) atoms. The Kier molecular flexibility index (Phi) is 4.93. The molecule has 0 amide bonds. The third-order valence-corrected chi connectivity index (χ3v) is 0.995. The molecule has 0 aliphatic carbocycles. The van der Waals surface area contributed by atoms with Gasteiger partial charge in [-0.1, -0.05) is 6.08 Å². The van der Waals surface area contributed by atoms with Crippen molar-refractivity contribution in [2.75, 3.05) is 0 Å². The van der Waals surface area contributed by atoms with Gasteiger partial charge in [-0.15, -0.1) is 12.3 Å². The van der Waals surface area contributed by atoms with Gasteiger partial charge in [-0.25, -0.2) is 0 Å². The largest absolute Gasteiger partial charge is 0.459 e. The smallest absolute Gasteiger partial charge is 0.303 e. The van der Waals surface area contributed by atoms with Crippen LogP contribution in [0.25, 0.3) is 0 Å². The minimum atomic E-state index is -0.275. The predicted octanol–water partition coefficient (Wildman–Crippen LogP) is 1.52. The van der Waals surface area contributed by atoms with E-state index in [-0.39, 0.29) is 12.1 Å². The fourth-order valence-corrected chi connectivity index (χ4v) is 0.629. The lowest BCUT2D eigenvalue weighted by atomic mass is 10.3. The Labute approximate surface area is 67.2 Å². The Morgan fingerprint density at radius 3 is 2.91 bits per heavy atom. The van der Waals surface area contributed by atoms with Gasteiger partial charge in [0.2, 0.25) is 0 Å². The van der Waals surface area contributed by atoms with Gasteiger partial charge >= 0.3 is 5.97 Å². The van der Waals surface area contributed by atoms with Gasteiger partial charge in [0.05, 0.1) is 0 Å². The van der Waals surface area contributed by atoms with Crippen LogP contribution in [0.4, 0.5) is 0 Å².